The average molecular weight is 765 g/mol. The van der Waals surface area contributed by atoms with Gasteiger partial charge in [-0.15, -0.1) is 11.8 Å². The van der Waals surface area contributed by atoms with E-state index in [1.165, 1.54) is 16.7 Å². The molecule has 1 fully saturated rings. The second kappa shape index (κ2) is 17.2. The number of hydrogen-bond donors (Lipinski definition) is 1. The Labute approximate surface area is 302 Å². The monoisotopic (exact) mass is 763 g/mol. The summed E-state index contributed by atoms with van der Waals surface area (Å²) in [5, 5.41) is 3.21. The molecule has 1 aliphatic rings. The molecule has 8 nitrogen and oxygen atoms in total. The van der Waals surface area contributed by atoms with E-state index in [0.29, 0.717) is 18.0 Å². The lowest BCUT2D eigenvalue weighted by Crippen LogP contribution is -2.54. The van der Waals surface area contributed by atoms with E-state index >= 15 is 0 Å². The van der Waals surface area contributed by atoms with Crippen molar-refractivity contribution in [3.8, 4) is 5.75 Å². The molecule has 1 aliphatic carbocycles. The second-order valence-corrected chi connectivity index (χ2v) is 15.6. The minimum absolute atomic E-state index is 0.0404. The van der Waals surface area contributed by atoms with Gasteiger partial charge in [0.15, 0.2) is 0 Å². The van der Waals surface area contributed by atoms with Gasteiger partial charge >= 0.3 is 0 Å². The van der Waals surface area contributed by atoms with Crippen LogP contribution in [-0.4, -0.2) is 56.6 Å². The van der Waals surface area contributed by atoms with Gasteiger partial charge in [0.2, 0.25) is 11.8 Å². The maximum atomic E-state index is 14.7. The number of ether oxygens (including phenoxy) is 1. The van der Waals surface area contributed by atoms with Crippen molar-refractivity contribution < 1.29 is 22.7 Å². The summed E-state index contributed by atoms with van der Waals surface area (Å²) in [7, 11) is -4.21. The highest BCUT2D eigenvalue weighted by molar-refractivity contribution is 9.10. The number of nitrogens with zero attached hydrogens (tertiary/aromatic N) is 2. The van der Waals surface area contributed by atoms with E-state index in [1.807, 2.05) is 67.8 Å². The first-order chi connectivity index (χ1) is 23.7. The third-order valence-electron chi connectivity index (χ3n) is 8.58. The normalized spacial score (nSPS) is 13.9. The van der Waals surface area contributed by atoms with Gasteiger partial charge < -0.3 is 15.0 Å². The summed E-state index contributed by atoms with van der Waals surface area (Å²) in [5.41, 5.74) is 2.01. The van der Waals surface area contributed by atoms with Gasteiger partial charge in [0.1, 0.15) is 18.3 Å². The van der Waals surface area contributed by atoms with Crippen LogP contribution >= 0.6 is 27.7 Å². The number of carbonyl (C=O) groups excluding carboxylic acids is 2. The minimum atomic E-state index is -4.21. The van der Waals surface area contributed by atoms with Crippen LogP contribution in [0.4, 0.5) is 5.69 Å². The highest BCUT2D eigenvalue weighted by atomic mass is 79.9. The van der Waals surface area contributed by atoms with E-state index in [0.717, 1.165) is 50.5 Å². The summed E-state index contributed by atoms with van der Waals surface area (Å²) in [4.78, 5) is 31.4. The molecule has 49 heavy (non-hydrogen) atoms. The molecule has 1 N–H and O–H groups in total. The van der Waals surface area contributed by atoms with E-state index in [9.17, 15) is 18.0 Å². The molecule has 0 aliphatic heterocycles. The molecule has 0 spiro atoms. The number of hydrogen-bond acceptors (Lipinski definition) is 6. The number of benzene rings is 4. The van der Waals surface area contributed by atoms with Crippen molar-refractivity contribution >= 4 is 55.2 Å². The highest BCUT2D eigenvalue weighted by Crippen LogP contribution is 2.29. The smallest absolute Gasteiger partial charge is 0.264 e. The highest BCUT2D eigenvalue weighted by Gasteiger charge is 2.35. The maximum absolute atomic E-state index is 14.7. The molecule has 5 rings (SSSR count). The number of thioether (sulfide) groups is 1. The average Bonchev–Trinajstić information content (AvgIpc) is 3.62. The fraction of sp³-hybridized carbons (Fsp3) is 0.316. The van der Waals surface area contributed by atoms with Gasteiger partial charge in [-0.25, -0.2) is 8.42 Å². The van der Waals surface area contributed by atoms with Crippen LogP contribution in [0.3, 0.4) is 0 Å². The van der Waals surface area contributed by atoms with E-state index < -0.39 is 28.5 Å². The van der Waals surface area contributed by atoms with Crippen molar-refractivity contribution in [2.24, 2.45) is 0 Å². The molecule has 0 unspecified atom stereocenters. The largest absolute Gasteiger partial charge is 0.494 e. The Kier molecular flexibility index (Phi) is 12.8. The molecule has 1 atom stereocenters. The standard InChI is InChI=1S/C38H42BrN3O5S2/c1-3-47-33-18-16-32(17-19-33)42(49(45,46)35-22-20-34(48-2)21-23-35)27-37(43)41(26-29-12-9-13-30(39)24-29)36(25-28-10-5-4-6-11-28)38(44)40-31-14-7-8-15-31/h4-6,9-13,16-24,31,36H,3,7-8,14-15,25-27H2,1-2H3,(H,40,44)/t36-/m1/s1. The molecule has 258 valence electrons. The lowest BCUT2D eigenvalue weighted by molar-refractivity contribution is -0.140. The predicted molar refractivity (Wildman–Crippen MR) is 199 cm³/mol. The SMILES string of the molecule is CCOc1ccc(N(CC(=O)N(Cc2cccc(Br)c2)[C@H](Cc2ccccc2)C(=O)NC2CCCC2)S(=O)(=O)c2ccc(SC)cc2)cc1. The first kappa shape index (κ1) is 36.5. The molecule has 0 radical (unpaired) electrons. The molecule has 4 aromatic carbocycles. The van der Waals surface area contributed by atoms with Crippen LogP contribution in [0.5, 0.6) is 5.75 Å². The third-order valence-corrected chi connectivity index (χ3v) is 11.6. The van der Waals surface area contributed by atoms with Crippen molar-refractivity contribution in [1.29, 1.82) is 0 Å². The van der Waals surface area contributed by atoms with Crippen LogP contribution in [-0.2, 0) is 32.6 Å². The second-order valence-electron chi connectivity index (χ2n) is 12.0. The Balaban J connectivity index is 1.56. The number of halogens is 1. The van der Waals surface area contributed by atoms with Crippen molar-refractivity contribution in [3.63, 3.8) is 0 Å². The Morgan fingerprint density at radius 1 is 0.918 bits per heavy atom. The van der Waals surface area contributed by atoms with Crippen LogP contribution in [0, 0.1) is 0 Å². The Morgan fingerprint density at radius 3 is 2.22 bits per heavy atom. The van der Waals surface area contributed by atoms with Crippen LogP contribution in [0.15, 0.2) is 117 Å². The molecule has 4 aromatic rings. The lowest BCUT2D eigenvalue weighted by atomic mass is 10.0. The van der Waals surface area contributed by atoms with Crippen molar-refractivity contribution in [3.05, 3.63) is 119 Å². The molecule has 11 heteroatoms. The quantitative estimate of drug-likeness (QED) is 0.126. The molecule has 1 saturated carbocycles. The molecular weight excluding hydrogens is 722 g/mol. The van der Waals surface area contributed by atoms with Gasteiger partial charge in [-0.1, -0.05) is 71.2 Å². The fourth-order valence-electron chi connectivity index (χ4n) is 6.03. The Morgan fingerprint density at radius 2 is 1.59 bits per heavy atom. The Hall–Kier alpha value is -3.80. The summed E-state index contributed by atoms with van der Waals surface area (Å²) >= 11 is 5.04. The zero-order chi connectivity index (χ0) is 34.8. The summed E-state index contributed by atoms with van der Waals surface area (Å²) in [6, 6.07) is 29.6. The molecule has 0 bridgehead atoms. The zero-order valence-corrected chi connectivity index (χ0v) is 31.0. The molecule has 0 saturated heterocycles. The summed E-state index contributed by atoms with van der Waals surface area (Å²) < 4.78 is 36.3. The van der Waals surface area contributed by atoms with Crippen LogP contribution in [0.25, 0.3) is 0 Å². The predicted octanol–water partition coefficient (Wildman–Crippen LogP) is 7.46. The first-order valence-electron chi connectivity index (χ1n) is 16.5. The first-order valence-corrected chi connectivity index (χ1v) is 19.9. The van der Waals surface area contributed by atoms with E-state index in [4.69, 9.17) is 4.74 Å². The fourth-order valence-corrected chi connectivity index (χ4v) is 8.30. The van der Waals surface area contributed by atoms with Crippen LogP contribution in [0.2, 0.25) is 0 Å². The molecule has 0 aromatic heterocycles. The van der Waals surface area contributed by atoms with Gasteiger partial charge in [0.25, 0.3) is 10.0 Å². The topological polar surface area (TPSA) is 96.0 Å². The van der Waals surface area contributed by atoms with Gasteiger partial charge in [-0.2, -0.15) is 0 Å². The third kappa shape index (κ3) is 9.67. The van der Waals surface area contributed by atoms with E-state index in [-0.39, 0.29) is 29.8 Å². The zero-order valence-electron chi connectivity index (χ0n) is 27.8. The number of nitrogens with one attached hydrogen (secondary N) is 1. The van der Waals surface area contributed by atoms with Gasteiger partial charge in [-0.3, -0.25) is 13.9 Å². The van der Waals surface area contributed by atoms with Crippen LogP contribution in [0.1, 0.15) is 43.7 Å². The number of amides is 2. The minimum Gasteiger partial charge on any atom is -0.494 e. The summed E-state index contributed by atoms with van der Waals surface area (Å²) in [5.74, 6) is -0.162. The summed E-state index contributed by atoms with van der Waals surface area (Å²) in [6.45, 7) is 1.91. The molecule has 0 heterocycles. The number of rotatable bonds is 15. The summed E-state index contributed by atoms with van der Waals surface area (Å²) in [6.07, 6.45) is 6.06. The van der Waals surface area contributed by atoms with E-state index in [1.54, 1.807) is 48.5 Å². The maximum Gasteiger partial charge on any atom is 0.264 e. The van der Waals surface area contributed by atoms with Gasteiger partial charge in [-0.05, 0) is 97.8 Å². The van der Waals surface area contributed by atoms with Crippen molar-refractivity contribution in [1.82, 2.24) is 10.2 Å². The van der Waals surface area contributed by atoms with E-state index in [2.05, 4.69) is 21.2 Å². The van der Waals surface area contributed by atoms with Gasteiger partial charge in [0, 0.05) is 28.4 Å². The number of carbonyl (C=O) groups is 2. The number of anilines is 1. The lowest BCUT2D eigenvalue weighted by Gasteiger charge is -2.34. The van der Waals surface area contributed by atoms with Crippen LogP contribution < -0.4 is 14.4 Å². The van der Waals surface area contributed by atoms with Gasteiger partial charge in [0.05, 0.1) is 17.2 Å². The molecule has 2 amide bonds. The molecular formula is C38H42BrN3O5S2. The van der Waals surface area contributed by atoms with Crippen molar-refractivity contribution in [2.75, 3.05) is 23.7 Å². The van der Waals surface area contributed by atoms with Crippen molar-refractivity contribution in [2.45, 2.75) is 67.4 Å². The Bertz CT molecular complexity index is 1800. The number of sulfonamides is 1.